The smallest absolute Gasteiger partial charge is 0.177 e. The summed E-state index contributed by atoms with van der Waals surface area (Å²) >= 11 is 3.47. The molecule has 0 atom stereocenters. The molecular weight excluding hydrogens is 252 g/mol. The van der Waals surface area contributed by atoms with Crippen LogP contribution in [0.4, 0.5) is 0 Å². The Balaban J connectivity index is 2.54. The van der Waals surface area contributed by atoms with E-state index in [0.29, 0.717) is 6.04 Å². The van der Waals surface area contributed by atoms with Crippen molar-refractivity contribution >= 4 is 15.9 Å². The van der Waals surface area contributed by atoms with Crippen molar-refractivity contribution < 1.29 is 0 Å². The molecule has 0 aliphatic carbocycles. The molecule has 1 aromatic carbocycles. The van der Waals surface area contributed by atoms with Crippen LogP contribution in [0.3, 0.4) is 0 Å². The fourth-order valence-corrected chi connectivity index (χ4v) is 2.35. The molecular formula is C12H13BrN2. The summed E-state index contributed by atoms with van der Waals surface area (Å²) in [6.45, 7) is 4.30. The van der Waals surface area contributed by atoms with Crippen LogP contribution in [0.5, 0.6) is 0 Å². The summed E-state index contributed by atoms with van der Waals surface area (Å²) in [5.74, 6) is 0. The lowest BCUT2D eigenvalue weighted by Crippen LogP contribution is -2.02. The molecule has 15 heavy (non-hydrogen) atoms. The maximum absolute atomic E-state index is 4.29. The predicted octanol–water partition coefficient (Wildman–Crippen LogP) is 3.89. The highest BCUT2D eigenvalue weighted by molar-refractivity contribution is 9.10. The van der Waals surface area contributed by atoms with Gasteiger partial charge < -0.3 is 4.57 Å². The number of hydrogen-bond acceptors (Lipinski definition) is 1. The monoisotopic (exact) mass is 264 g/mol. The zero-order valence-electron chi connectivity index (χ0n) is 8.81. The standard InChI is InChI=1S/C12H13BrN2/c1-9(2)15-11(8-14-12(15)13)10-6-4-3-5-7-10/h3-9H,1-2H3. The van der Waals surface area contributed by atoms with E-state index in [1.54, 1.807) is 0 Å². The Labute approximate surface area is 98.1 Å². The second-order valence-electron chi connectivity index (χ2n) is 3.74. The molecule has 0 unspecified atom stereocenters. The fraction of sp³-hybridized carbons (Fsp3) is 0.250. The number of rotatable bonds is 2. The third-order valence-corrected chi connectivity index (χ3v) is 2.92. The van der Waals surface area contributed by atoms with Crippen molar-refractivity contribution in [1.82, 2.24) is 9.55 Å². The first-order valence-corrected chi connectivity index (χ1v) is 5.77. The van der Waals surface area contributed by atoms with Gasteiger partial charge in [0.25, 0.3) is 0 Å². The molecule has 2 nitrogen and oxygen atoms in total. The van der Waals surface area contributed by atoms with Crippen molar-refractivity contribution in [2.75, 3.05) is 0 Å². The molecule has 0 saturated heterocycles. The third kappa shape index (κ3) is 1.97. The van der Waals surface area contributed by atoms with Crippen molar-refractivity contribution in [3.05, 3.63) is 41.3 Å². The average molecular weight is 265 g/mol. The minimum absolute atomic E-state index is 0.400. The largest absolute Gasteiger partial charge is 0.316 e. The van der Waals surface area contributed by atoms with Gasteiger partial charge in [0.05, 0.1) is 11.9 Å². The molecule has 0 bridgehead atoms. The highest BCUT2D eigenvalue weighted by Crippen LogP contribution is 2.26. The van der Waals surface area contributed by atoms with Crippen molar-refractivity contribution in [2.24, 2.45) is 0 Å². The van der Waals surface area contributed by atoms with Gasteiger partial charge in [-0.15, -0.1) is 0 Å². The molecule has 0 spiro atoms. The van der Waals surface area contributed by atoms with Gasteiger partial charge in [-0.1, -0.05) is 30.3 Å². The van der Waals surface area contributed by atoms with Crippen LogP contribution in [0.15, 0.2) is 41.3 Å². The minimum Gasteiger partial charge on any atom is -0.316 e. The van der Waals surface area contributed by atoms with Gasteiger partial charge in [0.15, 0.2) is 4.73 Å². The maximum Gasteiger partial charge on any atom is 0.177 e. The molecule has 1 heterocycles. The summed E-state index contributed by atoms with van der Waals surface area (Å²) in [6, 6.07) is 10.7. The topological polar surface area (TPSA) is 17.8 Å². The first-order valence-electron chi connectivity index (χ1n) is 4.98. The Morgan fingerprint density at radius 3 is 2.47 bits per heavy atom. The lowest BCUT2D eigenvalue weighted by Gasteiger charge is -2.13. The first kappa shape index (κ1) is 10.4. The lowest BCUT2D eigenvalue weighted by atomic mass is 10.1. The molecule has 0 aliphatic rings. The molecule has 0 saturated carbocycles. The number of hydrogen-bond donors (Lipinski definition) is 0. The molecule has 2 aromatic rings. The number of benzene rings is 1. The van der Waals surface area contributed by atoms with Crippen LogP contribution >= 0.6 is 15.9 Å². The van der Waals surface area contributed by atoms with Gasteiger partial charge in [-0.3, -0.25) is 0 Å². The molecule has 3 heteroatoms. The van der Waals surface area contributed by atoms with E-state index in [1.807, 2.05) is 24.4 Å². The molecule has 2 rings (SSSR count). The van der Waals surface area contributed by atoms with Crippen LogP contribution in [-0.4, -0.2) is 9.55 Å². The van der Waals surface area contributed by atoms with Gasteiger partial charge in [0.1, 0.15) is 0 Å². The van der Waals surface area contributed by atoms with Crippen LogP contribution in [0.2, 0.25) is 0 Å². The van der Waals surface area contributed by atoms with Crippen LogP contribution in [0, 0.1) is 0 Å². The zero-order valence-corrected chi connectivity index (χ0v) is 10.4. The predicted molar refractivity (Wildman–Crippen MR) is 65.7 cm³/mol. The van der Waals surface area contributed by atoms with E-state index in [4.69, 9.17) is 0 Å². The van der Waals surface area contributed by atoms with Gasteiger partial charge >= 0.3 is 0 Å². The SMILES string of the molecule is CC(C)n1c(-c2ccccc2)cnc1Br. The van der Waals surface area contributed by atoms with Gasteiger partial charge in [-0.2, -0.15) is 0 Å². The number of halogens is 1. The summed E-state index contributed by atoms with van der Waals surface area (Å²) in [4.78, 5) is 4.29. The lowest BCUT2D eigenvalue weighted by molar-refractivity contribution is 0.592. The van der Waals surface area contributed by atoms with E-state index in [0.717, 1.165) is 10.4 Å². The number of nitrogens with zero attached hydrogens (tertiary/aromatic N) is 2. The van der Waals surface area contributed by atoms with Gasteiger partial charge in [0, 0.05) is 6.04 Å². The molecule has 0 radical (unpaired) electrons. The maximum atomic E-state index is 4.29. The Morgan fingerprint density at radius 2 is 1.87 bits per heavy atom. The Bertz CT molecular complexity index is 446. The molecule has 0 aliphatic heterocycles. The van der Waals surface area contributed by atoms with Gasteiger partial charge in [-0.25, -0.2) is 4.98 Å². The number of imidazole rings is 1. The van der Waals surface area contributed by atoms with Crippen LogP contribution in [-0.2, 0) is 0 Å². The summed E-state index contributed by atoms with van der Waals surface area (Å²) < 4.78 is 3.06. The van der Waals surface area contributed by atoms with Crippen molar-refractivity contribution in [3.8, 4) is 11.3 Å². The average Bonchev–Trinajstić information content (AvgIpc) is 2.61. The van der Waals surface area contributed by atoms with Crippen LogP contribution in [0.1, 0.15) is 19.9 Å². The fourth-order valence-electron chi connectivity index (χ4n) is 1.65. The molecule has 0 amide bonds. The Hall–Kier alpha value is -1.09. The highest BCUT2D eigenvalue weighted by Gasteiger charge is 2.11. The zero-order chi connectivity index (χ0) is 10.8. The van der Waals surface area contributed by atoms with Gasteiger partial charge in [0.2, 0.25) is 0 Å². The van der Waals surface area contributed by atoms with Crippen molar-refractivity contribution in [2.45, 2.75) is 19.9 Å². The second-order valence-corrected chi connectivity index (χ2v) is 4.45. The minimum atomic E-state index is 0.400. The third-order valence-electron chi connectivity index (χ3n) is 2.34. The second kappa shape index (κ2) is 4.19. The highest BCUT2D eigenvalue weighted by atomic mass is 79.9. The van der Waals surface area contributed by atoms with Gasteiger partial charge in [-0.05, 0) is 35.3 Å². The Morgan fingerprint density at radius 1 is 1.20 bits per heavy atom. The molecule has 0 fully saturated rings. The molecule has 0 N–H and O–H groups in total. The summed E-state index contributed by atoms with van der Waals surface area (Å²) in [5.41, 5.74) is 2.35. The van der Waals surface area contributed by atoms with E-state index >= 15 is 0 Å². The number of aromatic nitrogens is 2. The van der Waals surface area contributed by atoms with E-state index in [9.17, 15) is 0 Å². The Kier molecular flexibility index (Phi) is 2.91. The first-order chi connectivity index (χ1) is 7.20. The summed E-state index contributed by atoms with van der Waals surface area (Å²) in [6.07, 6.45) is 1.90. The summed E-state index contributed by atoms with van der Waals surface area (Å²) in [5, 5.41) is 0. The molecule has 1 aromatic heterocycles. The van der Waals surface area contributed by atoms with Crippen molar-refractivity contribution in [1.29, 1.82) is 0 Å². The van der Waals surface area contributed by atoms with E-state index in [2.05, 4.69) is 51.5 Å². The summed E-state index contributed by atoms with van der Waals surface area (Å²) in [7, 11) is 0. The molecule has 78 valence electrons. The quantitative estimate of drug-likeness (QED) is 0.805. The normalized spacial score (nSPS) is 10.9. The van der Waals surface area contributed by atoms with E-state index in [-0.39, 0.29) is 0 Å². The van der Waals surface area contributed by atoms with E-state index < -0.39 is 0 Å². The van der Waals surface area contributed by atoms with Crippen LogP contribution < -0.4 is 0 Å². The van der Waals surface area contributed by atoms with Crippen LogP contribution in [0.25, 0.3) is 11.3 Å². The van der Waals surface area contributed by atoms with E-state index in [1.165, 1.54) is 5.56 Å². The van der Waals surface area contributed by atoms with Crippen molar-refractivity contribution in [3.63, 3.8) is 0 Å².